The van der Waals surface area contributed by atoms with Crippen LogP contribution in [-0.2, 0) is 24.3 Å². The molecule has 2 atom stereocenters. The fraction of sp³-hybridized carbons (Fsp3) is 0.435. The predicted molar refractivity (Wildman–Crippen MR) is 124 cm³/mol. The quantitative estimate of drug-likeness (QED) is 0.511. The molecule has 0 radical (unpaired) electrons. The molecule has 2 aliphatic rings. The highest BCUT2D eigenvalue weighted by molar-refractivity contribution is 7.90. The third kappa shape index (κ3) is 4.04. The van der Waals surface area contributed by atoms with E-state index in [0.717, 1.165) is 16.0 Å². The van der Waals surface area contributed by atoms with E-state index in [2.05, 4.69) is 27.7 Å². The van der Waals surface area contributed by atoms with E-state index in [1.807, 2.05) is 6.92 Å². The van der Waals surface area contributed by atoms with Crippen LogP contribution < -0.4 is 10.9 Å². The Labute approximate surface area is 197 Å². The zero-order chi connectivity index (χ0) is 23.9. The second-order valence-corrected chi connectivity index (χ2v) is 10.6. The summed E-state index contributed by atoms with van der Waals surface area (Å²) in [5.74, 6) is -0.583. The van der Waals surface area contributed by atoms with Gasteiger partial charge in [0.05, 0.1) is 24.3 Å². The Morgan fingerprint density at radius 1 is 1.18 bits per heavy atom. The number of ether oxygens (including phenoxy) is 2. The van der Waals surface area contributed by atoms with Crippen molar-refractivity contribution in [1.29, 1.82) is 0 Å². The number of nitrogens with one attached hydrogen (secondary N) is 2. The van der Waals surface area contributed by atoms with Crippen LogP contribution >= 0.6 is 0 Å². The fourth-order valence-electron chi connectivity index (χ4n) is 4.78. The highest BCUT2D eigenvalue weighted by Gasteiger charge is 2.51. The molecule has 2 aromatic heterocycles. The van der Waals surface area contributed by atoms with Gasteiger partial charge in [-0.1, -0.05) is 31.0 Å². The number of hydrazine groups is 1. The van der Waals surface area contributed by atoms with Gasteiger partial charge in [-0.05, 0) is 31.0 Å². The first kappa shape index (κ1) is 22.8. The van der Waals surface area contributed by atoms with Gasteiger partial charge < -0.3 is 9.47 Å². The van der Waals surface area contributed by atoms with Crippen molar-refractivity contribution in [2.75, 3.05) is 18.6 Å². The molecule has 0 bridgehead atoms. The molecule has 180 valence electrons. The van der Waals surface area contributed by atoms with Crippen molar-refractivity contribution in [1.82, 2.24) is 19.4 Å². The van der Waals surface area contributed by atoms with Crippen LogP contribution in [0.5, 0.6) is 0 Å². The summed E-state index contributed by atoms with van der Waals surface area (Å²) in [6.45, 7) is 5.06. The van der Waals surface area contributed by atoms with Crippen molar-refractivity contribution in [3.05, 3.63) is 48.3 Å². The summed E-state index contributed by atoms with van der Waals surface area (Å²) >= 11 is 0. The van der Waals surface area contributed by atoms with E-state index in [-0.39, 0.29) is 28.3 Å². The average molecular weight is 486 g/mol. The van der Waals surface area contributed by atoms with Crippen molar-refractivity contribution in [3.63, 3.8) is 0 Å². The van der Waals surface area contributed by atoms with Gasteiger partial charge in [-0.2, -0.15) is 0 Å². The summed E-state index contributed by atoms with van der Waals surface area (Å²) in [6.07, 6.45) is 4.88. The van der Waals surface area contributed by atoms with Crippen LogP contribution in [0.15, 0.2) is 47.6 Å². The number of benzene rings is 1. The lowest BCUT2D eigenvalue weighted by atomic mass is 9.93. The van der Waals surface area contributed by atoms with E-state index in [1.165, 1.54) is 12.4 Å². The summed E-state index contributed by atoms with van der Waals surface area (Å²) in [5.41, 5.74) is 7.08. The molecular weight excluding hydrogens is 458 g/mol. The number of carbonyl (C=O) groups excluding carboxylic acids is 1. The molecule has 3 heterocycles. The van der Waals surface area contributed by atoms with Gasteiger partial charge in [-0.3, -0.25) is 15.6 Å². The van der Waals surface area contributed by atoms with Gasteiger partial charge >= 0.3 is 0 Å². The number of amides is 1. The van der Waals surface area contributed by atoms with E-state index < -0.39 is 15.8 Å². The summed E-state index contributed by atoms with van der Waals surface area (Å²) in [4.78, 5) is 21.7. The van der Waals surface area contributed by atoms with Crippen molar-refractivity contribution < 1.29 is 22.7 Å². The Morgan fingerprint density at radius 3 is 2.62 bits per heavy atom. The van der Waals surface area contributed by atoms with Gasteiger partial charge in [0.2, 0.25) is 5.91 Å². The normalized spacial score (nSPS) is 21.8. The molecule has 2 unspecified atom stereocenters. The van der Waals surface area contributed by atoms with Crippen molar-refractivity contribution >= 4 is 32.9 Å². The Hall–Kier alpha value is -3.02. The van der Waals surface area contributed by atoms with E-state index >= 15 is 0 Å². The molecule has 5 rings (SSSR count). The first-order valence-corrected chi connectivity index (χ1v) is 12.8. The second-order valence-electron chi connectivity index (χ2n) is 8.80. The molecule has 1 aromatic carbocycles. The molecule has 2 N–H and O–H groups in total. The molecule has 3 aromatic rings. The molecule has 2 fully saturated rings. The standard InChI is InChI=1S/C23H27N5O5S/c1-3-16-12-23(32-10-11-33-23)13-18(16)22(29)27-26-20-14-24-21-19(25-20)8-9-28(21)34(30,31)17-6-4-15(2)5-7-17/h4-9,14,16,18H,3,10-13H2,1-2H3,(H,25,26)(H,27,29). The zero-order valence-corrected chi connectivity index (χ0v) is 19.8. The van der Waals surface area contributed by atoms with Crippen molar-refractivity contribution in [2.24, 2.45) is 11.8 Å². The zero-order valence-electron chi connectivity index (χ0n) is 19.0. The number of rotatable bonds is 6. The first-order valence-electron chi connectivity index (χ1n) is 11.3. The highest BCUT2D eigenvalue weighted by atomic mass is 32.2. The molecule has 1 saturated heterocycles. The van der Waals surface area contributed by atoms with Gasteiger partial charge in [-0.25, -0.2) is 22.4 Å². The van der Waals surface area contributed by atoms with Crippen LogP contribution in [0, 0.1) is 18.8 Å². The Bertz CT molecular complexity index is 1320. The van der Waals surface area contributed by atoms with E-state index in [0.29, 0.717) is 37.4 Å². The number of fused-ring (bicyclic) bond motifs is 1. The molecule has 11 heteroatoms. The molecule has 1 aliphatic carbocycles. The minimum Gasteiger partial charge on any atom is -0.347 e. The molecule has 1 aliphatic heterocycles. The maximum absolute atomic E-state index is 13.0. The van der Waals surface area contributed by atoms with Crippen LogP contribution in [0.4, 0.5) is 5.82 Å². The van der Waals surface area contributed by atoms with E-state index in [1.54, 1.807) is 30.3 Å². The molecule has 10 nitrogen and oxygen atoms in total. The van der Waals surface area contributed by atoms with Crippen molar-refractivity contribution in [3.8, 4) is 0 Å². The van der Waals surface area contributed by atoms with Crippen LogP contribution in [0.3, 0.4) is 0 Å². The number of anilines is 1. The number of aromatic nitrogens is 3. The minimum absolute atomic E-state index is 0.162. The smallest absolute Gasteiger partial charge is 0.269 e. The average Bonchev–Trinajstić information content (AvgIpc) is 3.56. The molecular formula is C23H27N5O5S. The second kappa shape index (κ2) is 8.64. The lowest BCUT2D eigenvalue weighted by Crippen LogP contribution is -2.37. The minimum atomic E-state index is -3.81. The number of hydrogen-bond donors (Lipinski definition) is 2. The summed E-state index contributed by atoms with van der Waals surface area (Å²) in [7, 11) is -3.81. The third-order valence-electron chi connectivity index (χ3n) is 6.60. The SMILES string of the molecule is CCC1CC2(CC1C(=O)NNc1cnc3c(ccn3S(=O)(=O)c3ccc(C)cc3)n1)OCCO2. The Balaban J connectivity index is 1.30. The molecule has 34 heavy (non-hydrogen) atoms. The number of aryl methyl sites for hydroxylation is 1. The van der Waals surface area contributed by atoms with Gasteiger partial charge in [-0.15, -0.1) is 0 Å². The van der Waals surface area contributed by atoms with Crippen LogP contribution in [0.2, 0.25) is 0 Å². The summed E-state index contributed by atoms with van der Waals surface area (Å²) in [5, 5.41) is 0. The van der Waals surface area contributed by atoms with E-state index in [4.69, 9.17) is 9.47 Å². The maximum Gasteiger partial charge on any atom is 0.269 e. The Kier molecular flexibility index (Phi) is 5.78. The lowest BCUT2D eigenvalue weighted by Gasteiger charge is -2.21. The maximum atomic E-state index is 13.0. The number of carbonyl (C=O) groups is 1. The van der Waals surface area contributed by atoms with Gasteiger partial charge in [0.25, 0.3) is 10.0 Å². The summed E-state index contributed by atoms with van der Waals surface area (Å²) in [6, 6.07) is 8.19. The van der Waals surface area contributed by atoms with Gasteiger partial charge in [0.1, 0.15) is 5.52 Å². The number of hydrogen-bond acceptors (Lipinski definition) is 8. The van der Waals surface area contributed by atoms with Crippen LogP contribution in [-0.4, -0.2) is 47.3 Å². The summed E-state index contributed by atoms with van der Waals surface area (Å²) < 4.78 is 38.8. The fourth-order valence-corrected chi connectivity index (χ4v) is 6.08. The van der Waals surface area contributed by atoms with Gasteiger partial charge in [0, 0.05) is 25.0 Å². The number of nitrogens with zero attached hydrogens (tertiary/aromatic N) is 3. The lowest BCUT2D eigenvalue weighted by molar-refractivity contribution is -0.156. The molecule has 1 saturated carbocycles. The predicted octanol–water partition coefficient (Wildman–Crippen LogP) is 2.60. The highest BCUT2D eigenvalue weighted by Crippen LogP contribution is 2.46. The Morgan fingerprint density at radius 2 is 1.91 bits per heavy atom. The largest absolute Gasteiger partial charge is 0.347 e. The van der Waals surface area contributed by atoms with Crippen LogP contribution in [0.1, 0.15) is 31.7 Å². The topological polar surface area (TPSA) is 124 Å². The molecule has 1 spiro atoms. The third-order valence-corrected chi connectivity index (χ3v) is 8.28. The monoisotopic (exact) mass is 485 g/mol. The first-order chi connectivity index (χ1) is 16.3. The van der Waals surface area contributed by atoms with E-state index in [9.17, 15) is 13.2 Å². The van der Waals surface area contributed by atoms with Crippen molar-refractivity contribution in [2.45, 2.75) is 43.8 Å². The molecule has 1 amide bonds. The van der Waals surface area contributed by atoms with Crippen LogP contribution in [0.25, 0.3) is 11.2 Å². The van der Waals surface area contributed by atoms with Gasteiger partial charge in [0.15, 0.2) is 17.3 Å².